The number of fused-ring (bicyclic) bond motifs is 1. The van der Waals surface area contributed by atoms with Crippen molar-refractivity contribution in [2.75, 3.05) is 20.2 Å². The molecule has 48 heavy (non-hydrogen) atoms. The van der Waals surface area contributed by atoms with E-state index in [2.05, 4.69) is 35.7 Å². The van der Waals surface area contributed by atoms with Gasteiger partial charge in [-0.2, -0.15) is 0 Å². The van der Waals surface area contributed by atoms with E-state index in [4.69, 9.17) is 15.6 Å². The molecule has 1 heterocycles. The van der Waals surface area contributed by atoms with Gasteiger partial charge in [0.05, 0.1) is 7.11 Å². The van der Waals surface area contributed by atoms with Crippen molar-refractivity contribution in [2.45, 2.75) is 70.0 Å². The first-order valence-electron chi connectivity index (χ1n) is 16.2. The van der Waals surface area contributed by atoms with Gasteiger partial charge in [0, 0.05) is 49.2 Å². The maximum absolute atomic E-state index is 13.7. The van der Waals surface area contributed by atoms with Crippen molar-refractivity contribution in [3.63, 3.8) is 0 Å². The topological polar surface area (TPSA) is 75.8 Å². The lowest BCUT2D eigenvalue weighted by atomic mass is 9.76. The number of carboxylic acid groups (broad SMARTS) is 1. The van der Waals surface area contributed by atoms with Crippen molar-refractivity contribution in [3.05, 3.63) is 107 Å². The van der Waals surface area contributed by atoms with Gasteiger partial charge in [-0.3, -0.25) is 9.69 Å². The molecule has 4 aromatic rings. The van der Waals surface area contributed by atoms with E-state index in [9.17, 15) is 22.4 Å². The van der Waals surface area contributed by atoms with Gasteiger partial charge >= 0.3 is 5.97 Å². The Hall–Kier alpha value is -4.37. The van der Waals surface area contributed by atoms with Gasteiger partial charge in [0.1, 0.15) is 17.7 Å². The van der Waals surface area contributed by atoms with Crippen LogP contribution in [0.4, 0.5) is 17.6 Å². The zero-order valence-electron chi connectivity index (χ0n) is 27.4. The van der Waals surface area contributed by atoms with Crippen LogP contribution in [0.2, 0.25) is 0 Å². The molecule has 1 saturated heterocycles. The van der Waals surface area contributed by atoms with Crippen molar-refractivity contribution in [3.8, 4) is 16.9 Å². The van der Waals surface area contributed by atoms with Gasteiger partial charge in [-0.05, 0) is 89.4 Å². The molecule has 5 nitrogen and oxygen atoms in total. The van der Waals surface area contributed by atoms with Crippen LogP contribution in [0.15, 0.2) is 73.3 Å². The molecule has 9 heteroatoms. The minimum atomic E-state index is -2.59. The number of alkyl halides is 3. The molecule has 3 N–H and O–H groups in total. The molecular formula is C39H42F4N2O3. The number of aryl methyl sites for hydroxylation is 2. The van der Waals surface area contributed by atoms with E-state index in [0.29, 0.717) is 37.1 Å². The van der Waals surface area contributed by atoms with Crippen LogP contribution >= 0.6 is 0 Å². The first-order valence-corrected chi connectivity index (χ1v) is 16.2. The molecule has 0 spiro atoms. The van der Waals surface area contributed by atoms with E-state index in [-0.39, 0.29) is 36.4 Å². The first-order chi connectivity index (χ1) is 22.8. The number of piperidine rings is 1. The highest BCUT2D eigenvalue weighted by Gasteiger charge is 2.46. The number of ether oxygens (including phenoxy) is 1. The fraction of sp³-hybridized carbons (Fsp3) is 0.359. The maximum atomic E-state index is 13.7. The summed E-state index contributed by atoms with van der Waals surface area (Å²) in [5.74, 6) is -3.33. The lowest BCUT2D eigenvalue weighted by Crippen LogP contribution is -2.35. The molecule has 1 aliphatic heterocycles. The molecule has 0 radical (unpaired) electrons. The number of likely N-dealkylation sites (tertiary alicyclic amines) is 1. The van der Waals surface area contributed by atoms with Crippen LogP contribution < -0.4 is 10.5 Å². The number of rotatable bonds is 9. The largest absolute Gasteiger partial charge is 0.496 e. The Morgan fingerprint density at radius 1 is 1.06 bits per heavy atom. The number of benzene rings is 4. The van der Waals surface area contributed by atoms with E-state index in [1.165, 1.54) is 6.07 Å². The SMILES string of the molecule is C=C(N)c1c(C)cc(C2CC(F)(F)C2)cc1F.COc1cc(CN2CCCC(F)C2)ccc1-c1cccc2c(CCC(=O)O)cccc12. The molecule has 1 unspecified atom stereocenters. The van der Waals surface area contributed by atoms with Gasteiger partial charge < -0.3 is 15.6 Å². The van der Waals surface area contributed by atoms with Gasteiger partial charge in [-0.15, -0.1) is 0 Å². The lowest BCUT2D eigenvalue weighted by molar-refractivity contribution is -0.136. The predicted octanol–water partition coefficient (Wildman–Crippen LogP) is 9.04. The van der Waals surface area contributed by atoms with Crippen LogP contribution in [0.5, 0.6) is 5.75 Å². The monoisotopic (exact) mass is 662 g/mol. The van der Waals surface area contributed by atoms with Crippen molar-refractivity contribution < 1.29 is 32.2 Å². The van der Waals surface area contributed by atoms with E-state index < -0.39 is 23.9 Å². The lowest BCUT2D eigenvalue weighted by Gasteiger charge is -2.35. The quantitative estimate of drug-likeness (QED) is 0.175. The fourth-order valence-electron chi connectivity index (χ4n) is 6.84. The summed E-state index contributed by atoms with van der Waals surface area (Å²) in [6.07, 6.45) is 1.03. The number of carboxylic acids is 1. The van der Waals surface area contributed by atoms with Gasteiger partial charge in [0.15, 0.2) is 0 Å². The van der Waals surface area contributed by atoms with Crippen molar-refractivity contribution >= 4 is 22.4 Å². The summed E-state index contributed by atoms with van der Waals surface area (Å²) < 4.78 is 58.7. The third-order valence-corrected chi connectivity index (χ3v) is 9.22. The number of hydrogen-bond donors (Lipinski definition) is 2. The Bertz CT molecular complexity index is 1780. The molecule has 0 aromatic heterocycles. The summed E-state index contributed by atoms with van der Waals surface area (Å²) in [6.45, 7) is 7.33. The Labute approximate surface area is 279 Å². The molecule has 0 amide bonds. The van der Waals surface area contributed by atoms with Crippen LogP contribution in [0.3, 0.4) is 0 Å². The summed E-state index contributed by atoms with van der Waals surface area (Å²) in [7, 11) is 1.67. The third kappa shape index (κ3) is 8.19. The zero-order chi connectivity index (χ0) is 34.6. The van der Waals surface area contributed by atoms with E-state index >= 15 is 0 Å². The number of methoxy groups -OCH3 is 1. The Morgan fingerprint density at radius 2 is 1.79 bits per heavy atom. The summed E-state index contributed by atoms with van der Waals surface area (Å²) in [4.78, 5) is 13.2. The minimum absolute atomic E-state index is 0.109. The van der Waals surface area contributed by atoms with Crippen molar-refractivity contribution in [2.24, 2.45) is 5.73 Å². The number of halogens is 4. The number of hydrogen-bond acceptors (Lipinski definition) is 4. The normalized spacial score (nSPS) is 17.7. The van der Waals surface area contributed by atoms with Gasteiger partial charge in [-0.25, -0.2) is 17.6 Å². The number of aliphatic carboxylic acids is 1. The second-order valence-electron chi connectivity index (χ2n) is 12.9. The van der Waals surface area contributed by atoms with E-state index in [1.807, 2.05) is 30.3 Å². The van der Waals surface area contributed by atoms with Crippen molar-refractivity contribution in [1.82, 2.24) is 4.90 Å². The second kappa shape index (κ2) is 14.8. The highest BCUT2D eigenvalue weighted by molar-refractivity contribution is 5.99. The zero-order valence-corrected chi connectivity index (χ0v) is 27.4. The molecule has 1 aliphatic carbocycles. The Balaban J connectivity index is 0.000000224. The number of nitrogens with zero attached hydrogens (tertiary/aromatic N) is 1. The molecule has 2 aliphatic rings. The van der Waals surface area contributed by atoms with E-state index in [0.717, 1.165) is 51.7 Å². The highest BCUT2D eigenvalue weighted by atomic mass is 19.3. The number of nitrogens with two attached hydrogens (primary N) is 1. The van der Waals surface area contributed by atoms with Gasteiger partial charge in [0.2, 0.25) is 5.92 Å². The highest BCUT2D eigenvalue weighted by Crippen LogP contribution is 2.48. The molecule has 0 bridgehead atoms. The van der Waals surface area contributed by atoms with Gasteiger partial charge in [-0.1, -0.05) is 61.2 Å². The second-order valence-corrected chi connectivity index (χ2v) is 12.9. The smallest absolute Gasteiger partial charge is 0.303 e. The molecule has 2 fully saturated rings. The van der Waals surface area contributed by atoms with Crippen LogP contribution in [0, 0.1) is 12.7 Å². The Morgan fingerprint density at radius 3 is 2.44 bits per heavy atom. The third-order valence-electron chi connectivity index (χ3n) is 9.22. The fourth-order valence-corrected chi connectivity index (χ4v) is 6.84. The predicted molar refractivity (Wildman–Crippen MR) is 183 cm³/mol. The summed E-state index contributed by atoms with van der Waals surface area (Å²) in [5.41, 5.74) is 11.4. The minimum Gasteiger partial charge on any atom is -0.496 e. The molecule has 6 rings (SSSR count). The van der Waals surface area contributed by atoms with E-state index in [1.54, 1.807) is 20.1 Å². The average molecular weight is 663 g/mol. The molecular weight excluding hydrogens is 620 g/mol. The van der Waals surface area contributed by atoms with Crippen molar-refractivity contribution in [1.29, 1.82) is 0 Å². The van der Waals surface area contributed by atoms with Crippen LogP contribution in [0.1, 0.15) is 65.8 Å². The van der Waals surface area contributed by atoms with Crippen LogP contribution in [-0.2, 0) is 17.8 Å². The number of carbonyl (C=O) groups is 1. The summed E-state index contributed by atoms with van der Waals surface area (Å²) in [5, 5.41) is 11.2. The standard InChI is InChI=1S/C26H28FNO3.C13H14F3N/c1-31-25-15-18(16-28-14-4-6-20(27)17-28)10-12-24(25)23-9-3-7-21-19(11-13-26(29)30)5-2-8-22(21)23;1-7-3-9(10-5-13(15,16)6-10)4-11(14)12(7)8(2)17/h2-3,5,7-10,12,15,20H,4,6,11,13-14,16-17H2,1H3,(H,29,30);3-4,10H,2,5-6,17H2,1H3. The van der Waals surface area contributed by atoms with Crippen LogP contribution in [-0.4, -0.2) is 48.3 Å². The van der Waals surface area contributed by atoms with Gasteiger partial charge in [0.25, 0.3) is 0 Å². The average Bonchev–Trinajstić information content (AvgIpc) is 3.02. The Kier molecular flexibility index (Phi) is 10.8. The molecule has 1 atom stereocenters. The molecule has 254 valence electrons. The summed E-state index contributed by atoms with van der Waals surface area (Å²) >= 11 is 0. The van der Waals surface area contributed by atoms with Crippen LogP contribution in [0.25, 0.3) is 27.6 Å². The summed E-state index contributed by atoms with van der Waals surface area (Å²) in [6, 6.07) is 21.4. The molecule has 4 aromatic carbocycles. The maximum Gasteiger partial charge on any atom is 0.303 e. The molecule has 1 saturated carbocycles. The first kappa shape index (κ1) is 35.0.